The van der Waals surface area contributed by atoms with E-state index in [2.05, 4.69) is 4.98 Å². The van der Waals surface area contributed by atoms with Crippen LogP contribution in [0.3, 0.4) is 0 Å². The maximum absolute atomic E-state index is 14.2. The first-order valence-electron chi connectivity index (χ1n) is 10.3. The van der Waals surface area contributed by atoms with Crippen molar-refractivity contribution in [2.75, 3.05) is 37.0 Å². The quantitative estimate of drug-likeness (QED) is 0.509. The summed E-state index contributed by atoms with van der Waals surface area (Å²) in [6.07, 6.45) is 1.12. The molecule has 0 radical (unpaired) electrons. The van der Waals surface area contributed by atoms with Crippen LogP contribution in [0, 0.1) is 5.82 Å². The topological polar surface area (TPSA) is 73.8 Å². The molecule has 0 atom stereocenters. The van der Waals surface area contributed by atoms with Gasteiger partial charge in [0.05, 0.1) is 10.4 Å². The highest BCUT2D eigenvalue weighted by molar-refractivity contribution is 7.22. The lowest BCUT2D eigenvalue weighted by atomic mass is 10.1. The maximum Gasteiger partial charge on any atom is 0.260 e. The Balaban J connectivity index is 1.62. The van der Waals surface area contributed by atoms with Crippen molar-refractivity contribution in [1.82, 2.24) is 9.88 Å². The molecule has 1 aromatic heterocycles. The minimum atomic E-state index is -0.421. The molecule has 1 fully saturated rings. The second kappa shape index (κ2) is 9.13. The molecule has 0 aliphatic carbocycles. The Morgan fingerprint density at radius 3 is 2.38 bits per heavy atom. The molecule has 3 aromatic rings. The van der Waals surface area contributed by atoms with E-state index in [4.69, 9.17) is 0 Å². The largest absolute Gasteiger partial charge is 0.309 e. The van der Waals surface area contributed by atoms with Gasteiger partial charge in [-0.25, -0.2) is 9.37 Å². The third-order valence-corrected chi connectivity index (χ3v) is 6.29. The Morgan fingerprint density at radius 1 is 1.06 bits per heavy atom. The smallest absolute Gasteiger partial charge is 0.260 e. The van der Waals surface area contributed by atoms with Crippen LogP contribution in [0.15, 0.2) is 42.5 Å². The number of amides is 3. The summed E-state index contributed by atoms with van der Waals surface area (Å²) in [5.41, 5.74) is 1.10. The summed E-state index contributed by atoms with van der Waals surface area (Å²) in [5.74, 6) is -1.17. The lowest BCUT2D eigenvalue weighted by Crippen LogP contribution is -2.33. The summed E-state index contributed by atoms with van der Waals surface area (Å²) < 4.78 is 14.8. The van der Waals surface area contributed by atoms with Crippen LogP contribution in [0.25, 0.3) is 10.2 Å². The Labute approximate surface area is 189 Å². The van der Waals surface area contributed by atoms with E-state index in [1.54, 1.807) is 41.3 Å². The second-order valence-corrected chi connectivity index (χ2v) is 8.88. The summed E-state index contributed by atoms with van der Waals surface area (Å²) in [6.45, 7) is 1.20. The summed E-state index contributed by atoms with van der Waals surface area (Å²) in [6, 6.07) is 11.2. The SMILES string of the molecule is CN(C)CCCN(C(=O)c1ccc(N2C(=O)CCC2=O)cc1)c1nc2c(F)cccc2s1. The molecule has 166 valence electrons. The van der Waals surface area contributed by atoms with Crippen LogP contribution < -0.4 is 9.80 Å². The fourth-order valence-electron chi connectivity index (χ4n) is 3.62. The van der Waals surface area contributed by atoms with Gasteiger partial charge in [-0.2, -0.15) is 0 Å². The van der Waals surface area contributed by atoms with Crippen LogP contribution in [0.1, 0.15) is 29.6 Å². The van der Waals surface area contributed by atoms with Gasteiger partial charge in [-0.1, -0.05) is 17.4 Å². The number of fused-ring (bicyclic) bond motifs is 1. The summed E-state index contributed by atoms with van der Waals surface area (Å²) in [4.78, 5) is 46.5. The average Bonchev–Trinajstić information content (AvgIpc) is 3.34. The van der Waals surface area contributed by atoms with Gasteiger partial charge in [0.15, 0.2) is 5.13 Å². The number of para-hydroxylation sites is 1. The van der Waals surface area contributed by atoms with E-state index < -0.39 is 5.82 Å². The number of aromatic nitrogens is 1. The minimum Gasteiger partial charge on any atom is -0.309 e. The number of hydrogen-bond acceptors (Lipinski definition) is 6. The van der Waals surface area contributed by atoms with Gasteiger partial charge in [0.2, 0.25) is 11.8 Å². The molecular formula is C23H23FN4O3S. The van der Waals surface area contributed by atoms with Crippen molar-refractivity contribution in [2.24, 2.45) is 0 Å². The van der Waals surface area contributed by atoms with E-state index in [9.17, 15) is 18.8 Å². The summed E-state index contributed by atoms with van der Waals surface area (Å²) >= 11 is 1.27. The molecule has 2 heterocycles. The van der Waals surface area contributed by atoms with Crippen molar-refractivity contribution in [3.8, 4) is 0 Å². The van der Waals surface area contributed by atoms with E-state index in [0.29, 0.717) is 34.0 Å². The number of benzene rings is 2. The number of nitrogens with zero attached hydrogens (tertiary/aromatic N) is 4. The third-order valence-electron chi connectivity index (χ3n) is 5.25. The number of halogens is 1. The minimum absolute atomic E-state index is 0.202. The number of rotatable bonds is 7. The highest BCUT2D eigenvalue weighted by atomic mass is 32.1. The molecule has 9 heteroatoms. The van der Waals surface area contributed by atoms with E-state index in [-0.39, 0.29) is 36.1 Å². The van der Waals surface area contributed by atoms with Crippen molar-refractivity contribution in [1.29, 1.82) is 0 Å². The lowest BCUT2D eigenvalue weighted by molar-refractivity contribution is -0.121. The molecule has 1 aliphatic heterocycles. The number of anilines is 2. The molecule has 0 bridgehead atoms. The van der Waals surface area contributed by atoms with E-state index in [1.165, 1.54) is 17.4 Å². The molecule has 3 amide bonds. The molecule has 0 spiro atoms. The summed E-state index contributed by atoms with van der Waals surface area (Å²) in [7, 11) is 3.91. The number of carbonyl (C=O) groups excluding carboxylic acids is 3. The van der Waals surface area contributed by atoms with Gasteiger partial charge in [-0.15, -0.1) is 0 Å². The maximum atomic E-state index is 14.2. The molecule has 0 N–H and O–H groups in total. The standard InChI is InChI=1S/C23H23FN4O3S/c1-26(2)13-4-14-27(23-25-21-17(24)5-3-6-18(21)32-23)22(31)15-7-9-16(10-8-15)28-19(29)11-12-20(28)30/h3,5-10H,4,11-14H2,1-2H3. The van der Waals surface area contributed by atoms with E-state index in [0.717, 1.165) is 11.4 Å². The predicted molar refractivity (Wildman–Crippen MR) is 123 cm³/mol. The van der Waals surface area contributed by atoms with Crippen LogP contribution in [0.5, 0.6) is 0 Å². The van der Waals surface area contributed by atoms with Gasteiger partial charge >= 0.3 is 0 Å². The molecule has 1 aliphatic rings. The first kappa shape index (κ1) is 22.0. The first-order chi connectivity index (χ1) is 15.3. The average molecular weight is 455 g/mol. The Bertz CT molecular complexity index is 1160. The molecule has 1 saturated heterocycles. The third kappa shape index (κ3) is 4.39. The first-order valence-corrected chi connectivity index (χ1v) is 11.1. The molecule has 0 unspecified atom stereocenters. The molecular weight excluding hydrogens is 431 g/mol. The molecule has 7 nitrogen and oxygen atoms in total. The van der Waals surface area contributed by atoms with Gasteiger partial charge < -0.3 is 4.90 Å². The number of hydrogen-bond donors (Lipinski definition) is 0. The lowest BCUT2D eigenvalue weighted by Gasteiger charge is -2.21. The van der Waals surface area contributed by atoms with Crippen molar-refractivity contribution in [2.45, 2.75) is 19.3 Å². The van der Waals surface area contributed by atoms with Crippen LogP contribution in [0.2, 0.25) is 0 Å². The highest BCUT2D eigenvalue weighted by Crippen LogP contribution is 2.31. The fourth-order valence-corrected chi connectivity index (χ4v) is 4.63. The van der Waals surface area contributed by atoms with Crippen LogP contribution in [0.4, 0.5) is 15.2 Å². The molecule has 4 rings (SSSR count). The van der Waals surface area contributed by atoms with Crippen molar-refractivity contribution in [3.63, 3.8) is 0 Å². The zero-order chi connectivity index (χ0) is 22.8. The van der Waals surface area contributed by atoms with Crippen molar-refractivity contribution in [3.05, 3.63) is 53.8 Å². The molecule has 0 saturated carbocycles. The Kier molecular flexibility index (Phi) is 6.29. The normalized spacial score (nSPS) is 14.1. The van der Waals surface area contributed by atoms with E-state index in [1.807, 2.05) is 19.0 Å². The Morgan fingerprint density at radius 2 is 1.75 bits per heavy atom. The van der Waals surface area contributed by atoms with Crippen LogP contribution in [-0.4, -0.2) is 54.8 Å². The van der Waals surface area contributed by atoms with Gasteiger partial charge in [0.1, 0.15) is 11.3 Å². The monoisotopic (exact) mass is 454 g/mol. The van der Waals surface area contributed by atoms with Crippen molar-refractivity contribution < 1.29 is 18.8 Å². The molecule has 32 heavy (non-hydrogen) atoms. The predicted octanol–water partition coefficient (Wildman–Crippen LogP) is 3.69. The van der Waals surface area contributed by atoms with Gasteiger partial charge in [-0.3, -0.25) is 24.2 Å². The highest BCUT2D eigenvalue weighted by Gasteiger charge is 2.30. The van der Waals surface area contributed by atoms with Crippen LogP contribution in [-0.2, 0) is 9.59 Å². The van der Waals surface area contributed by atoms with Gasteiger partial charge in [-0.05, 0) is 63.5 Å². The summed E-state index contributed by atoms with van der Waals surface area (Å²) in [5, 5.41) is 0.433. The van der Waals surface area contributed by atoms with E-state index >= 15 is 0 Å². The Hall–Kier alpha value is -3.17. The fraction of sp³-hybridized carbons (Fsp3) is 0.304. The van der Waals surface area contributed by atoms with Gasteiger partial charge in [0, 0.05) is 24.9 Å². The zero-order valence-corrected chi connectivity index (χ0v) is 18.7. The van der Waals surface area contributed by atoms with Gasteiger partial charge in [0.25, 0.3) is 5.91 Å². The number of imide groups is 1. The number of thiazole rings is 1. The zero-order valence-electron chi connectivity index (χ0n) is 17.9. The second-order valence-electron chi connectivity index (χ2n) is 7.87. The molecule has 2 aromatic carbocycles. The van der Waals surface area contributed by atoms with Crippen LogP contribution >= 0.6 is 11.3 Å². The van der Waals surface area contributed by atoms with Crippen molar-refractivity contribution >= 4 is 50.1 Å². The number of carbonyl (C=O) groups is 3.